The number of halogens is 15. The zero-order chi connectivity index (χ0) is 22.5. The number of hydrogen-bond donors (Lipinski definition) is 1. The molecule has 0 aliphatic heterocycles. The van der Waals surface area contributed by atoms with E-state index in [1.54, 1.807) is 0 Å². The molecule has 18 heteroatoms. The fourth-order valence-corrected chi connectivity index (χ4v) is 1.25. The van der Waals surface area contributed by atoms with Crippen LogP contribution in [0, 0.1) is 0 Å². The Bertz CT molecular complexity index is 566. The fourth-order valence-electron chi connectivity index (χ4n) is 1.25. The summed E-state index contributed by atoms with van der Waals surface area (Å²) in [6.07, 6.45) is -10.0. The monoisotopic (exact) mass is 443 g/mol. The van der Waals surface area contributed by atoms with Gasteiger partial charge in [0.05, 0.1) is 0 Å². The van der Waals surface area contributed by atoms with Crippen LogP contribution < -0.4 is 5.73 Å². The molecule has 0 aliphatic rings. The molecule has 1 amide bonds. The Labute approximate surface area is 137 Å². The van der Waals surface area contributed by atoms with Gasteiger partial charge in [0.2, 0.25) is 0 Å². The number of carbonyl (C=O) groups excluding carboxylic acids is 1. The smallest absolute Gasteiger partial charge is 0.443 e. The zero-order valence-corrected chi connectivity index (χ0v) is 11.8. The summed E-state index contributed by atoms with van der Waals surface area (Å²) in [6.45, 7) is -3.23. The topological polar surface area (TPSA) is 52.3 Å². The third-order valence-corrected chi connectivity index (χ3v) is 2.79. The van der Waals surface area contributed by atoms with E-state index < -0.39 is 54.4 Å². The van der Waals surface area contributed by atoms with Gasteiger partial charge in [-0.1, -0.05) is 0 Å². The number of primary amides is 1. The Kier molecular flexibility index (Phi) is 5.97. The molecule has 0 spiro atoms. The second-order valence-corrected chi connectivity index (χ2v) is 4.68. The van der Waals surface area contributed by atoms with Crippen LogP contribution in [0.25, 0.3) is 0 Å². The molecule has 162 valence electrons. The van der Waals surface area contributed by atoms with Crippen LogP contribution in [0.4, 0.5) is 70.7 Å². The van der Waals surface area contributed by atoms with Gasteiger partial charge in [-0.25, -0.2) is 4.79 Å². The van der Waals surface area contributed by atoms with Crippen LogP contribution >= 0.6 is 0 Å². The number of carbonyl (C=O) groups is 1. The summed E-state index contributed by atoms with van der Waals surface area (Å²) in [7, 11) is 0. The molecule has 0 aromatic carbocycles. The van der Waals surface area contributed by atoms with Crippen molar-refractivity contribution in [1.29, 1.82) is 0 Å². The van der Waals surface area contributed by atoms with Crippen LogP contribution in [-0.2, 0) is 4.74 Å². The Morgan fingerprint density at radius 1 is 0.593 bits per heavy atom. The Hall–Kier alpha value is -1.78. The van der Waals surface area contributed by atoms with Crippen molar-refractivity contribution >= 4 is 6.09 Å². The van der Waals surface area contributed by atoms with Gasteiger partial charge in [-0.15, -0.1) is 0 Å². The van der Waals surface area contributed by atoms with E-state index in [9.17, 15) is 70.7 Å². The van der Waals surface area contributed by atoms with E-state index >= 15 is 0 Å². The van der Waals surface area contributed by atoms with Crippen LogP contribution in [-0.4, -0.2) is 54.4 Å². The van der Waals surface area contributed by atoms with Gasteiger partial charge in [0.25, 0.3) is 0 Å². The van der Waals surface area contributed by atoms with Crippen molar-refractivity contribution in [2.24, 2.45) is 5.73 Å². The molecule has 0 fully saturated rings. The predicted molar refractivity (Wildman–Crippen MR) is 51.3 cm³/mol. The molecule has 0 heterocycles. The first kappa shape index (κ1) is 25.2. The van der Waals surface area contributed by atoms with Gasteiger partial charge in [-0.2, -0.15) is 65.9 Å². The minimum Gasteiger partial charge on any atom is -0.443 e. The number of ether oxygens (including phenoxy) is 1. The van der Waals surface area contributed by atoms with Crippen LogP contribution in [0.15, 0.2) is 0 Å². The minimum atomic E-state index is -8.38. The van der Waals surface area contributed by atoms with Gasteiger partial charge in [0, 0.05) is 0 Å². The lowest BCUT2D eigenvalue weighted by atomic mass is 9.91. The zero-order valence-electron chi connectivity index (χ0n) is 11.8. The summed E-state index contributed by atoms with van der Waals surface area (Å²) in [5, 5.41) is 0. The van der Waals surface area contributed by atoms with Gasteiger partial charge in [0.1, 0.15) is 0 Å². The first-order valence-corrected chi connectivity index (χ1v) is 5.67. The molecule has 0 aromatic rings. The Balaban J connectivity index is 6.34. The highest BCUT2D eigenvalue weighted by atomic mass is 19.4. The van der Waals surface area contributed by atoms with E-state index in [-0.39, 0.29) is 0 Å². The largest absolute Gasteiger partial charge is 0.460 e. The van der Waals surface area contributed by atoms with E-state index in [4.69, 9.17) is 0 Å². The molecule has 2 N–H and O–H groups in total. The molecule has 0 rings (SSSR count). The van der Waals surface area contributed by atoms with Crippen molar-refractivity contribution in [2.75, 3.05) is 6.61 Å². The highest BCUT2D eigenvalue weighted by Gasteiger charge is 2.93. The standard InChI is InChI=1S/C9H4F15NO2/c10-3(11,1-27-2(25)26)4(12,13)5(14,15)6(16,17)7(18,19)8(20,21)9(22,23)24/h1H2,(H2,25,26). The number of amides is 1. The highest BCUT2D eigenvalue weighted by molar-refractivity contribution is 5.64. The molecule has 27 heavy (non-hydrogen) atoms. The minimum absolute atomic E-state index is 2.37. The second kappa shape index (κ2) is 6.39. The van der Waals surface area contributed by atoms with Crippen molar-refractivity contribution in [3.05, 3.63) is 0 Å². The fraction of sp³-hybridized carbons (Fsp3) is 0.889. The average molecular weight is 443 g/mol. The van der Waals surface area contributed by atoms with Crippen LogP contribution in [0.2, 0.25) is 0 Å². The maximum Gasteiger partial charge on any atom is 0.460 e. The lowest BCUT2D eigenvalue weighted by Crippen LogP contribution is -2.73. The lowest BCUT2D eigenvalue weighted by Gasteiger charge is -2.41. The van der Waals surface area contributed by atoms with E-state index in [2.05, 4.69) is 10.5 Å². The van der Waals surface area contributed by atoms with Crippen molar-refractivity contribution in [2.45, 2.75) is 41.7 Å². The third-order valence-electron chi connectivity index (χ3n) is 2.79. The molecule has 0 atom stereocenters. The van der Waals surface area contributed by atoms with Gasteiger partial charge in [-0.3, -0.25) is 0 Å². The molecule has 0 unspecified atom stereocenters. The van der Waals surface area contributed by atoms with Crippen molar-refractivity contribution < 1.29 is 75.4 Å². The summed E-state index contributed by atoms with van der Waals surface area (Å²) < 4.78 is 193. The van der Waals surface area contributed by atoms with Gasteiger partial charge < -0.3 is 10.5 Å². The number of rotatable bonds is 7. The Morgan fingerprint density at radius 2 is 0.889 bits per heavy atom. The van der Waals surface area contributed by atoms with E-state index in [0.717, 1.165) is 0 Å². The first-order valence-electron chi connectivity index (χ1n) is 5.67. The van der Waals surface area contributed by atoms with Crippen molar-refractivity contribution in [1.82, 2.24) is 0 Å². The normalized spacial score (nSPS) is 15.7. The molecule has 0 radical (unpaired) electrons. The summed E-state index contributed by atoms with van der Waals surface area (Å²) in [4.78, 5) is 9.96. The van der Waals surface area contributed by atoms with E-state index in [1.807, 2.05) is 0 Å². The molecule has 0 saturated carbocycles. The maximum absolute atomic E-state index is 13.1. The van der Waals surface area contributed by atoms with Gasteiger partial charge in [0.15, 0.2) is 6.61 Å². The SMILES string of the molecule is NC(=O)OCC(F)(F)C(F)(F)C(F)(F)C(F)(F)C(F)(F)C(F)(F)C(F)(F)F. The maximum atomic E-state index is 13.1. The molecule has 3 nitrogen and oxygen atoms in total. The van der Waals surface area contributed by atoms with E-state index in [1.165, 1.54) is 0 Å². The molecule has 0 aliphatic carbocycles. The Morgan fingerprint density at radius 3 is 1.19 bits per heavy atom. The average Bonchev–Trinajstić information content (AvgIpc) is 2.42. The van der Waals surface area contributed by atoms with Crippen LogP contribution in [0.5, 0.6) is 0 Å². The highest BCUT2D eigenvalue weighted by Crippen LogP contribution is 2.62. The summed E-state index contributed by atoms with van der Waals surface area (Å²) in [5.74, 6) is -47.3. The third kappa shape index (κ3) is 3.53. The van der Waals surface area contributed by atoms with Crippen molar-refractivity contribution in [3.63, 3.8) is 0 Å². The van der Waals surface area contributed by atoms with E-state index in [0.29, 0.717) is 0 Å². The molecule has 0 aromatic heterocycles. The lowest BCUT2D eigenvalue weighted by molar-refractivity contribution is -0.453. The molecule has 0 bridgehead atoms. The summed E-state index contributed by atoms with van der Waals surface area (Å²) >= 11 is 0. The summed E-state index contributed by atoms with van der Waals surface area (Å²) in [5.41, 5.74) is 3.99. The predicted octanol–water partition coefficient (Wildman–Crippen LogP) is 4.46. The van der Waals surface area contributed by atoms with Crippen molar-refractivity contribution in [3.8, 4) is 0 Å². The number of hydrogen-bond acceptors (Lipinski definition) is 2. The number of alkyl halides is 15. The van der Waals surface area contributed by atoms with Crippen LogP contribution in [0.3, 0.4) is 0 Å². The first-order chi connectivity index (χ1) is 11.4. The quantitative estimate of drug-likeness (QED) is 0.592. The molecular formula is C9H4F15NO2. The second-order valence-electron chi connectivity index (χ2n) is 4.68. The summed E-state index contributed by atoms with van der Waals surface area (Å²) in [6, 6.07) is 0. The van der Waals surface area contributed by atoms with Crippen LogP contribution in [0.1, 0.15) is 0 Å². The molecule has 0 saturated heterocycles. The van der Waals surface area contributed by atoms with Gasteiger partial charge in [-0.05, 0) is 0 Å². The molecular weight excluding hydrogens is 439 g/mol. The number of nitrogens with two attached hydrogens (primary N) is 1. The van der Waals surface area contributed by atoms with Gasteiger partial charge >= 0.3 is 47.8 Å².